The molecule has 2 heterocycles. The average molecular weight is 399 g/mol. The van der Waals surface area contributed by atoms with Gasteiger partial charge in [0.15, 0.2) is 0 Å². The Morgan fingerprint density at radius 3 is 2.42 bits per heavy atom. The molecule has 127 valence electrons. The van der Waals surface area contributed by atoms with E-state index in [-0.39, 0.29) is 40.1 Å². The van der Waals surface area contributed by atoms with Gasteiger partial charge in [-0.1, -0.05) is 50.6 Å². The van der Waals surface area contributed by atoms with E-state index in [2.05, 4.69) is 34.1 Å². The van der Waals surface area contributed by atoms with E-state index in [1.165, 1.54) is 11.3 Å². The number of hydrogen-bond acceptors (Lipinski definition) is 3. The summed E-state index contributed by atoms with van der Waals surface area (Å²) in [5, 5.41) is 4.32. The van der Waals surface area contributed by atoms with Crippen molar-refractivity contribution in [3.8, 4) is 11.1 Å². The minimum absolute atomic E-state index is 0. The summed E-state index contributed by atoms with van der Waals surface area (Å²) in [4.78, 5) is 8.76. The van der Waals surface area contributed by atoms with Gasteiger partial charge in [0.25, 0.3) is 5.78 Å². The van der Waals surface area contributed by atoms with E-state index in [0.29, 0.717) is 5.78 Å². The molecule has 1 aromatic carbocycles. The molecule has 0 aliphatic heterocycles. The van der Waals surface area contributed by atoms with Crippen LogP contribution in [0.3, 0.4) is 0 Å². The maximum absolute atomic E-state index is 4.55. The second-order valence-corrected chi connectivity index (χ2v) is 4.81. The van der Waals surface area contributed by atoms with Crippen LogP contribution < -0.4 is 0 Å². The Hall–Kier alpha value is -1.13. The van der Waals surface area contributed by atoms with E-state index in [0.717, 1.165) is 30.5 Å². The molecule has 1 radical (unpaired) electrons. The van der Waals surface area contributed by atoms with Gasteiger partial charge in [-0.05, 0) is 18.9 Å². The second kappa shape index (κ2) is 11.4. The van der Waals surface area contributed by atoms with E-state index in [1.807, 2.05) is 43.5 Å². The number of nitrogens with zero attached hydrogens (tertiary/aromatic N) is 4. The first kappa shape index (κ1) is 22.9. The summed E-state index contributed by atoms with van der Waals surface area (Å²) in [5.74, 6) is 0.668. The van der Waals surface area contributed by atoms with Crippen molar-refractivity contribution in [3.63, 3.8) is 0 Å². The minimum Gasteiger partial charge on any atom is -0.358 e. The van der Waals surface area contributed by atoms with Gasteiger partial charge in [0.2, 0.25) is 0 Å². The largest absolute Gasteiger partial charge is 0.358 e. The zero-order valence-electron chi connectivity index (χ0n) is 15.2. The number of aromatic nitrogens is 4. The number of unbranched alkanes of at least 4 members (excludes halogenated alkanes) is 1. The maximum atomic E-state index is 4.55. The third-order valence-electron chi connectivity index (χ3n) is 3.43. The number of benzene rings is 1. The topological polar surface area (TPSA) is 43.1 Å². The third kappa shape index (κ3) is 4.93. The molecule has 24 heavy (non-hydrogen) atoms. The summed E-state index contributed by atoms with van der Waals surface area (Å²) in [5.41, 5.74) is 4.50. The van der Waals surface area contributed by atoms with Crippen molar-refractivity contribution in [3.05, 3.63) is 62.4 Å². The van der Waals surface area contributed by atoms with Gasteiger partial charge in [0.05, 0.1) is 11.4 Å². The molecular formula is C19H26N4Y-2. The summed E-state index contributed by atoms with van der Waals surface area (Å²) in [6.07, 6.45) is 4.42. The van der Waals surface area contributed by atoms with E-state index in [4.69, 9.17) is 0 Å². The van der Waals surface area contributed by atoms with Crippen molar-refractivity contribution < 1.29 is 32.7 Å². The average Bonchev–Trinajstić information content (AvgIpc) is 3.03. The van der Waals surface area contributed by atoms with E-state index < -0.39 is 0 Å². The Bertz CT molecular complexity index is 723. The zero-order valence-corrected chi connectivity index (χ0v) is 18.0. The van der Waals surface area contributed by atoms with Gasteiger partial charge in [-0.15, -0.1) is 0 Å². The fourth-order valence-corrected chi connectivity index (χ4v) is 2.53. The standard InChI is InChI=1S/C16H17N4.C2H6.CH3.Y/c1-3-4-10-14-15(13-8-6-5-7-9-13)12(2)19-16-17-11-18-20(14)16;1-2;;/h5-9,11H,1,3-4,10H2,2H3;1-2H3;1H3;/q-1;;-1;. The molecule has 0 spiro atoms. The van der Waals surface area contributed by atoms with E-state index >= 15 is 0 Å². The molecule has 5 heteroatoms. The van der Waals surface area contributed by atoms with Gasteiger partial charge in [-0.25, -0.2) is 9.50 Å². The molecule has 0 fully saturated rings. The van der Waals surface area contributed by atoms with Gasteiger partial charge >= 0.3 is 0 Å². The minimum atomic E-state index is 0. The fourth-order valence-electron chi connectivity index (χ4n) is 2.53. The Balaban J connectivity index is 0.00000128. The summed E-state index contributed by atoms with van der Waals surface area (Å²) >= 11 is 0. The molecule has 0 atom stereocenters. The molecular weight excluding hydrogens is 373 g/mol. The van der Waals surface area contributed by atoms with Crippen molar-refractivity contribution in [2.45, 2.75) is 40.0 Å². The van der Waals surface area contributed by atoms with Crippen LogP contribution in [0.1, 0.15) is 38.1 Å². The SMILES string of the molecule is CC.[CH2-]CCCc1c(-c2ccccc2)c(C)nc2ncnn12.[CH3-].[Y]. The molecule has 0 unspecified atom stereocenters. The van der Waals surface area contributed by atoms with Crippen LogP contribution in [-0.2, 0) is 39.1 Å². The van der Waals surface area contributed by atoms with Crippen molar-refractivity contribution in [1.82, 2.24) is 19.6 Å². The van der Waals surface area contributed by atoms with Crippen LogP contribution in [0.2, 0.25) is 0 Å². The molecule has 3 aromatic rings. The van der Waals surface area contributed by atoms with Crippen molar-refractivity contribution in [2.75, 3.05) is 0 Å². The molecule has 0 saturated heterocycles. The summed E-state index contributed by atoms with van der Waals surface area (Å²) in [6.45, 7) is 9.96. The quantitative estimate of drug-likeness (QED) is 0.596. The van der Waals surface area contributed by atoms with E-state index in [9.17, 15) is 0 Å². The molecule has 0 aliphatic carbocycles. The Kier molecular flexibility index (Phi) is 10.9. The number of rotatable bonds is 4. The van der Waals surface area contributed by atoms with Crippen LogP contribution in [0.4, 0.5) is 0 Å². The van der Waals surface area contributed by atoms with Gasteiger partial charge in [-0.2, -0.15) is 16.5 Å². The maximum Gasteiger partial charge on any atom is 0.252 e. The van der Waals surface area contributed by atoms with Gasteiger partial charge in [-0.3, -0.25) is 0 Å². The van der Waals surface area contributed by atoms with E-state index in [1.54, 1.807) is 6.33 Å². The Labute approximate surface area is 171 Å². The number of fused-ring (bicyclic) bond motifs is 1. The molecule has 0 amide bonds. The smallest absolute Gasteiger partial charge is 0.252 e. The molecule has 0 saturated carbocycles. The fraction of sp³-hybridized carbons (Fsp3) is 0.316. The summed E-state index contributed by atoms with van der Waals surface area (Å²) in [6, 6.07) is 10.3. The second-order valence-electron chi connectivity index (χ2n) is 4.81. The van der Waals surface area contributed by atoms with Crippen LogP contribution in [-0.4, -0.2) is 19.6 Å². The normalized spacial score (nSPS) is 9.50. The molecule has 0 bridgehead atoms. The predicted molar refractivity (Wildman–Crippen MR) is 97.0 cm³/mol. The predicted octanol–water partition coefficient (Wildman–Crippen LogP) is 4.73. The van der Waals surface area contributed by atoms with Gasteiger partial charge in [0.1, 0.15) is 6.33 Å². The van der Waals surface area contributed by atoms with Crippen LogP contribution in [0, 0.1) is 21.3 Å². The Morgan fingerprint density at radius 1 is 1.12 bits per heavy atom. The van der Waals surface area contributed by atoms with Gasteiger partial charge in [0, 0.05) is 38.3 Å². The molecule has 0 N–H and O–H groups in total. The summed E-state index contributed by atoms with van der Waals surface area (Å²) < 4.78 is 1.85. The van der Waals surface area contributed by atoms with Crippen molar-refractivity contribution >= 4 is 5.78 Å². The first-order chi connectivity index (χ1) is 10.8. The summed E-state index contributed by atoms with van der Waals surface area (Å²) in [7, 11) is 0. The van der Waals surface area contributed by atoms with Crippen molar-refractivity contribution in [1.29, 1.82) is 0 Å². The first-order valence-electron chi connectivity index (χ1n) is 7.85. The molecule has 0 aliphatic rings. The van der Waals surface area contributed by atoms with Crippen LogP contribution >= 0.6 is 0 Å². The van der Waals surface area contributed by atoms with Crippen molar-refractivity contribution in [2.24, 2.45) is 0 Å². The molecule has 4 nitrogen and oxygen atoms in total. The third-order valence-corrected chi connectivity index (χ3v) is 3.43. The zero-order chi connectivity index (χ0) is 15.9. The first-order valence-corrected chi connectivity index (χ1v) is 7.85. The van der Waals surface area contributed by atoms with Crippen LogP contribution in [0.25, 0.3) is 16.9 Å². The molecule has 3 rings (SSSR count). The Morgan fingerprint density at radius 2 is 1.79 bits per heavy atom. The number of aryl methyl sites for hydroxylation is 2. The van der Waals surface area contributed by atoms with Crippen LogP contribution in [0.5, 0.6) is 0 Å². The molecule has 2 aromatic heterocycles. The van der Waals surface area contributed by atoms with Gasteiger partial charge < -0.3 is 14.4 Å². The number of hydrogen-bond donors (Lipinski definition) is 0. The monoisotopic (exact) mass is 399 g/mol. The van der Waals surface area contributed by atoms with Crippen LogP contribution in [0.15, 0.2) is 36.7 Å².